The molecule has 1 unspecified atom stereocenters. The molecule has 110 valence electrons. The highest BCUT2D eigenvalue weighted by Gasteiger charge is 2.24. The lowest BCUT2D eigenvalue weighted by molar-refractivity contribution is 0.0931. The third-order valence-corrected chi connectivity index (χ3v) is 4.25. The van der Waals surface area contributed by atoms with E-state index in [0.29, 0.717) is 11.3 Å². The van der Waals surface area contributed by atoms with Gasteiger partial charge in [-0.2, -0.15) is 0 Å². The van der Waals surface area contributed by atoms with Gasteiger partial charge in [-0.05, 0) is 56.7 Å². The smallest absolute Gasteiger partial charge is 0.256 e. The molecule has 0 saturated carbocycles. The second-order valence-corrected chi connectivity index (χ2v) is 5.88. The zero-order valence-corrected chi connectivity index (χ0v) is 12.7. The maximum absolute atomic E-state index is 12.4. The molecule has 21 heavy (non-hydrogen) atoms. The van der Waals surface area contributed by atoms with Gasteiger partial charge in [-0.15, -0.1) is 0 Å². The Morgan fingerprint density at radius 2 is 2.14 bits per heavy atom. The Bertz CT molecular complexity index is 688. The highest BCUT2D eigenvalue weighted by Crippen LogP contribution is 2.33. The fourth-order valence-corrected chi connectivity index (χ4v) is 3.22. The lowest BCUT2D eigenvalue weighted by Gasteiger charge is -2.28. The molecule has 0 spiro atoms. The largest absolute Gasteiger partial charge is 0.364 e. The molecule has 1 aromatic heterocycles. The number of rotatable bonds is 2. The summed E-state index contributed by atoms with van der Waals surface area (Å²) in [6, 6.07) is 4.49. The number of hydrogen-bond acceptors (Lipinski definition) is 3. The number of fused-ring (bicyclic) bond motifs is 1. The summed E-state index contributed by atoms with van der Waals surface area (Å²) in [6.07, 6.45) is 4.59. The fourth-order valence-electron chi connectivity index (χ4n) is 3.22. The Kier molecular flexibility index (Phi) is 3.53. The molecule has 0 aliphatic heterocycles. The van der Waals surface area contributed by atoms with Gasteiger partial charge in [-0.3, -0.25) is 4.79 Å². The van der Waals surface area contributed by atoms with E-state index in [-0.39, 0.29) is 11.9 Å². The standard InChI is InChI=1S/C17H20N2O2/c1-10-7-11(2)13-5-4-6-16(14(13)8-10)18-17(20)15-9-21-19-12(15)3/h7-9,16H,4-6H2,1-3H3,(H,18,20). The third kappa shape index (κ3) is 2.58. The van der Waals surface area contributed by atoms with Crippen LogP contribution in [-0.2, 0) is 6.42 Å². The van der Waals surface area contributed by atoms with E-state index in [1.165, 1.54) is 28.5 Å². The molecule has 1 heterocycles. The Labute approximate surface area is 124 Å². The molecule has 1 atom stereocenters. The summed E-state index contributed by atoms with van der Waals surface area (Å²) in [7, 11) is 0. The van der Waals surface area contributed by atoms with Crippen molar-refractivity contribution in [3.63, 3.8) is 0 Å². The van der Waals surface area contributed by atoms with E-state index < -0.39 is 0 Å². The Balaban J connectivity index is 1.89. The van der Waals surface area contributed by atoms with Gasteiger partial charge in [0.2, 0.25) is 0 Å². The third-order valence-electron chi connectivity index (χ3n) is 4.25. The topological polar surface area (TPSA) is 55.1 Å². The van der Waals surface area contributed by atoms with Crippen LogP contribution in [0.15, 0.2) is 22.9 Å². The fraction of sp³-hybridized carbons (Fsp3) is 0.412. The highest BCUT2D eigenvalue weighted by atomic mass is 16.5. The number of aryl methyl sites for hydroxylation is 3. The van der Waals surface area contributed by atoms with Crippen LogP contribution in [0.25, 0.3) is 0 Å². The second kappa shape index (κ2) is 5.35. The summed E-state index contributed by atoms with van der Waals surface area (Å²) in [4.78, 5) is 12.4. The van der Waals surface area contributed by atoms with Gasteiger partial charge in [0.15, 0.2) is 0 Å². The van der Waals surface area contributed by atoms with Crippen molar-refractivity contribution in [2.75, 3.05) is 0 Å². The SMILES string of the molecule is Cc1cc(C)c2c(c1)C(NC(=O)c1conc1C)CCC2. The summed E-state index contributed by atoms with van der Waals surface area (Å²) >= 11 is 0. The van der Waals surface area contributed by atoms with Gasteiger partial charge in [0.25, 0.3) is 5.91 Å². The van der Waals surface area contributed by atoms with Crippen molar-refractivity contribution < 1.29 is 9.32 Å². The predicted octanol–water partition coefficient (Wildman–Crippen LogP) is 3.41. The number of hydrogen-bond donors (Lipinski definition) is 1. The van der Waals surface area contributed by atoms with Crippen molar-refractivity contribution in [3.05, 3.63) is 51.9 Å². The van der Waals surface area contributed by atoms with Gasteiger partial charge >= 0.3 is 0 Å². The number of nitrogens with one attached hydrogen (secondary N) is 1. The normalized spacial score (nSPS) is 17.4. The zero-order chi connectivity index (χ0) is 15.0. The van der Waals surface area contributed by atoms with Crippen LogP contribution in [0.2, 0.25) is 0 Å². The lowest BCUT2D eigenvalue weighted by Crippen LogP contribution is -2.31. The highest BCUT2D eigenvalue weighted by molar-refractivity contribution is 5.95. The van der Waals surface area contributed by atoms with E-state index in [0.717, 1.165) is 19.3 Å². The molecule has 4 heteroatoms. The van der Waals surface area contributed by atoms with E-state index >= 15 is 0 Å². The monoisotopic (exact) mass is 284 g/mol. The number of benzene rings is 1. The van der Waals surface area contributed by atoms with Gasteiger partial charge in [0.1, 0.15) is 11.8 Å². The van der Waals surface area contributed by atoms with E-state index in [2.05, 4.69) is 36.5 Å². The van der Waals surface area contributed by atoms with E-state index in [9.17, 15) is 4.79 Å². The molecule has 1 amide bonds. The Morgan fingerprint density at radius 1 is 1.33 bits per heavy atom. The summed E-state index contributed by atoms with van der Waals surface area (Å²) in [6.45, 7) is 6.03. The van der Waals surface area contributed by atoms with Gasteiger partial charge < -0.3 is 9.84 Å². The van der Waals surface area contributed by atoms with Crippen LogP contribution in [0, 0.1) is 20.8 Å². The molecular formula is C17H20N2O2. The number of carbonyl (C=O) groups is 1. The maximum atomic E-state index is 12.4. The van der Waals surface area contributed by atoms with Crippen molar-refractivity contribution >= 4 is 5.91 Å². The van der Waals surface area contributed by atoms with Crippen molar-refractivity contribution in [1.29, 1.82) is 0 Å². The molecule has 1 N–H and O–H groups in total. The first kappa shape index (κ1) is 13.9. The van der Waals surface area contributed by atoms with Gasteiger partial charge in [0, 0.05) is 0 Å². The quantitative estimate of drug-likeness (QED) is 0.919. The molecule has 4 nitrogen and oxygen atoms in total. The molecule has 0 bridgehead atoms. The number of amides is 1. The van der Waals surface area contributed by atoms with Gasteiger partial charge in [-0.1, -0.05) is 22.9 Å². The first-order valence-corrected chi connectivity index (χ1v) is 7.38. The van der Waals surface area contributed by atoms with Crippen LogP contribution in [-0.4, -0.2) is 11.1 Å². The van der Waals surface area contributed by atoms with Crippen molar-refractivity contribution in [2.24, 2.45) is 0 Å². The minimum Gasteiger partial charge on any atom is -0.364 e. The summed E-state index contributed by atoms with van der Waals surface area (Å²) in [5, 5.41) is 6.90. The van der Waals surface area contributed by atoms with Gasteiger partial charge in [-0.25, -0.2) is 0 Å². The van der Waals surface area contributed by atoms with E-state index in [4.69, 9.17) is 4.52 Å². The van der Waals surface area contributed by atoms with Crippen LogP contribution >= 0.6 is 0 Å². The number of nitrogens with zero attached hydrogens (tertiary/aromatic N) is 1. The second-order valence-electron chi connectivity index (χ2n) is 5.88. The summed E-state index contributed by atoms with van der Waals surface area (Å²) < 4.78 is 4.85. The van der Waals surface area contributed by atoms with Crippen LogP contribution in [0.5, 0.6) is 0 Å². The maximum Gasteiger partial charge on any atom is 0.256 e. The van der Waals surface area contributed by atoms with Gasteiger partial charge in [0.05, 0.1) is 11.7 Å². The number of carbonyl (C=O) groups excluding carboxylic acids is 1. The minimum absolute atomic E-state index is 0.0779. The van der Waals surface area contributed by atoms with Crippen molar-refractivity contribution in [1.82, 2.24) is 10.5 Å². The first-order chi connectivity index (χ1) is 10.1. The number of aromatic nitrogens is 1. The molecule has 1 aliphatic rings. The molecule has 1 aromatic carbocycles. The molecule has 0 radical (unpaired) electrons. The van der Waals surface area contributed by atoms with Crippen LogP contribution < -0.4 is 5.32 Å². The molecule has 0 saturated heterocycles. The van der Waals surface area contributed by atoms with E-state index in [1.807, 2.05) is 0 Å². The molecule has 0 fully saturated rings. The van der Waals surface area contributed by atoms with Crippen molar-refractivity contribution in [3.8, 4) is 0 Å². The Hall–Kier alpha value is -2.10. The van der Waals surface area contributed by atoms with Crippen LogP contribution in [0.1, 0.15) is 57.2 Å². The van der Waals surface area contributed by atoms with Crippen LogP contribution in [0.4, 0.5) is 0 Å². The zero-order valence-electron chi connectivity index (χ0n) is 12.7. The molecule has 1 aliphatic carbocycles. The minimum atomic E-state index is -0.106. The lowest BCUT2D eigenvalue weighted by atomic mass is 9.84. The molecule has 3 rings (SSSR count). The average Bonchev–Trinajstić information content (AvgIpc) is 2.86. The molecular weight excluding hydrogens is 264 g/mol. The average molecular weight is 284 g/mol. The van der Waals surface area contributed by atoms with Crippen LogP contribution in [0.3, 0.4) is 0 Å². The van der Waals surface area contributed by atoms with Crippen molar-refractivity contribution in [2.45, 2.75) is 46.1 Å². The summed E-state index contributed by atoms with van der Waals surface area (Å²) in [5.74, 6) is -0.106. The summed E-state index contributed by atoms with van der Waals surface area (Å²) in [5.41, 5.74) is 6.37. The predicted molar refractivity (Wildman–Crippen MR) is 80.3 cm³/mol. The van der Waals surface area contributed by atoms with E-state index in [1.54, 1.807) is 6.92 Å². The Morgan fingerprint density at radius 3 is 2.86 bits per heavy atom. The first-order valence-electron chi connectivity index (χ1n) is 7.38. The molecule has 2 aromatic rings.